The number of rotatable bonds is 40. The summed E-state index contributed by atoms with van der Waals surface area (Å²) in [6.07, 6.45) is -132. The number of nitrogens with one attached hydrogen (secondary N) is 1. The van der Waals surface area contributed by atoms with Crippen molar-refractivity contribution in [2.45, 2.75) is 344 Å². The van der Waals surface area contributed by atoms with Gasteiger partial charge in [-0.2, -0.15) is 0 Å². The number of amides is 1. The first-order valence-corrected chi connectivity index (χ1v) is 44.6. The molecule has 10 aliphatic heterocycles. The van der Waals surface area contributed by atoms with Gasteiger partial charge in [0.2, 0.25) is 5.91 Å². The maximum absolute atomic E-state index is 13.6. The standard InChI is InChI=1S/C69H117NO64P2/c1-14(79)70-27-34(92)29(87)22(8-75)116-58(27)128-54-37(95)31(89)25(11-78)119-65(54)129-55-38(96)32(90)24(10-77)118-64(55)125-51-33(91)26(13-115-59-40(98)35(93)30(88)23(9-76)117-59)120-61(42(51)100)126-53-44(102)63(123-48(57(53)134-136(111,112)113)20(85)12-114-60-41(99)36(94)39(97)45(121-60)16(81)4-71)127-52-43(101)62(122-47(18(83)6-73)56(52)133-135(108,109)110)124-50-21(3-68(107,66(103)104)131-49(50)19(84)7-74)130-69(67(105)106)2-15(80)28(86)46(132-69)17(82)5-72/h15-65,71-78,80-102,107H,2-13H2,1H3,(H,70,79)(H,103,104)(H,105,106)(H2,108,109,110)(H2,111,112,113)/t15-,16+,17-,18+,19-,20-,21-,22-,23-,24-,25-,26-,27-,28-,29-,30+,31-,32-,33-,34-,35+,36+,37+,38+,39+,40-,41+,42-,43+,44+,45-,46-,47-,48-,49-,50-,51+,52-,53-,54-,55-,56-,57-,58-,59+,60+,61-,62-,63+,64-,65-,68-,69-/m1/s1. The summed E-state index contributed by atoms with van der Waals surface area (Å²) in [7, 11) is -12.9. The Morgan fingerprint density at radius 3 is 1.19 bits per heavy atom. The Kier molecular flexibility index (Phi) is 40.3. The van der Waals surface area contributed by atoms with Crippen molar-refractivity contribution in [3.8, 4) is 0 Å². The minimum absolute atomic E-state index is 0.902. The molecule has 10 heterocycles. The molecule has 39 N–H and O–H groups in total. The Morgan fingerprint density at radius 1 is 0.353 bits per heavy atom. The van der Waals surface area contributed by atoms with Crippen LogP contribution in [0.5, 0.6) is 0 Å². The molecule has 0 radical (unpaired) electrons. The van der Waals surface area contributed by atoms with Crippen LogP contribution in [-0.4, -0.2) is 601 Å². The molecule has 10 fully saturated rings. The summed E-state index contributed by atoms with van der Waals surface area (Å²) in [6, 6.07) is -1.90. The summed E-state index contributed by atoms with van der Waals surface area (Å²) < 4.78 is 147. The van der Waals surface area contributed by atoms with Crippen molar-refractivity contribution < 1.29 is 316 Å². The first-order chi connectivity index (χ1) is 63.6. The van der Waals surface area contributed by atoms with Crippen LogP contribution in [0.15, 0.2) is 0 Å². The molecular weight excluding hydrogens is 1930 g/mol. The quantitative estimate of drug-likeness (QED) is 0.0253. The highest BCUT2D eigenvalue weighted by Crippen LogP contribution is 2.50. The highest BCUT2D eigenvalue weighted by Gasteiger charge is 2.66. The molecule has 10 aliphatic rings. The van der Waals surface area contributed by atoms with Crippen LogP contribution in [0, 0.1) is 0 Å². The zero-order valence-electron chi connectivity index (χ0n) is 70.4. The zero-order valence-corrected chi connectivity index (χ0v) is 72.2. The molecule has 0 bridgehead atoms. The molecule has 67 heteroatoms. The van der Waals surface area contributed by atoms with Crippen LogP contribution in [0.1, 0.15) is 19.8 Å². The van der Waals surface area contributed by atoms with Gasteiger partial charge in [0.25, 0.3) is 11.6 Å². The first-order valence-electron chi connectivity index (χ1n) is 41.5. The van der Waals surface area contributed by atoms with Crippen molar-refractivity contribution in [2.75, 3.05) is 66.1 Å². The number of carboxylic acids is 2. The molecule has 792 valence electrons. The van der Waals surface area contributed by atoms with Crippen molar-refractivity contribution in [1.29, 1.82) is 0 Å². The number of phosphoric acid groups is 2. The van der Waals surface area contributed by atoms with Gasteiger partial charge in [-0.25, -0.2) is 18.7 Å². The Balaban J connectivity index is 1.10. The Morgan fingerprint density at radius 2 is 0.728 bits per heavy atom. The number of carboxylic acid groups (broad SMARTS) is 2. The van der Waals surface area contributed by atoms with Gasteiger partial charge in [-0.1, -0.05) is 0 Å². The number of aliphatic hydroxyl groups is 32. The molecular formula is C69H117NO64P2. The summed E-state index contributed by atoms with van der Waals surface area (Å²) in [6.45, 7) is -13.1. The van der Waals surface area contributed by atoms with Gasteiger partial charge in [-0.15, -0.1) is 0 Å². The second-order valence-corrected chi connectivity index (χ2v) is 35.7. The summed E-state index contributed by atoms with van der Waals surface area (Å²) >= 11 is 0. The van der Waals surface area contributed by atoms with Crippen LogP contribution in [0.25, 0.3) is 0 Å². The van der Waals surface area contributed by atoms with Gasteiger partial charge in [0.15, 0.2) is 50.3 Å². The van der Waals surface area contributed by atoms with Crippen molar-refractivity contribution in [2.24, 2.45) is 0 Å². The monoisotopic (exact) mass is 2050 g/mol. The molecule has 0 aromatic carbocycles. The molecule has 53 atom stereocenters. The van der Waals surface area contributed by atoms with E-state index in [0.717, 1.165) is 6.92 Å². The van der Waals surface area contributed by atoms with Crippen LogP contribution < -0.4 is 5.32 Å². The van der Waals surface area contributed by atoms with E-state index in [2.05, 4.69) is 5.32 Å². The van der Waals surface area contributed by atoms with E-state index in [9.17, 15) is 217 Å². The number of carbonyl (C=O) groups excluding carboxylic acids is 1. The summed E-state index contributed by atoms with van der Waals surface area (Å²) in [5.74, 6) is -13.2. The van der Waals surface area contributed by atoms with Crippen molar-refractivity contribution in [3.05, 3.63) is 0 Å². The molecule has 0 saturated carbocycles. The van der Waals surface area contributed by atoms with Gasteiger partial charge in [0.1, 0.15) is 250 Å². The molecule has 10 saturated heterocycles. The van der Waals surface area contributed by atoms with E-state index in [-0.39, 0.29) is 0 Å². The lowest BCUT2D eigenvalue weighted by Gasteiger charge is -2.52. The van der Waals surface area contributed by atoms with E-state index in [1.54, 1.807) is 0 Å². The number of ether oxygens (including phenoxy) is 19. The molecule has 1 amide bonds. The van der Waals surface area contributed by atoms with E-state index in [4.69, 9.17) is 99.0 Å². The second kappa shape index (κ2) is 47.8. The molecule has 0 aromatic rings. The van der Waals surface area contributed by atoms with E-state index in [1.165, 1.54) is 0 Å². The summed E-state index contributed by atoms with van der Waals surface area (Å²) in [4.78, 5) is 81.8. The molecule has 136 heavy (non-hydrogen) atoms. The zero-order chi connectivity index (χ0) is 101. The fourth-order valence-electron chi connectivity index (χ4n) is 16.7. The fourth-order valence-corrected chi connectivity index (χ4v) is 17.8. The van der Waals surface area contributed by atoms with Crippen LogP contribution in [-0.2, 0) is 123 Å². The fraction of sp³-hybridized carbons (Fsp3) is 0.957. The smallest absolute Gasteiger partial charge is 0.470 e. The summed E-state index contributed by atoms with van der Waals surface area (Å²) in [5, 5.41) is 381. The van der Waals surface area contributed by atoms with Gasteiger partial charge in [0, 0.05) is 19.8 Å². The predicted molar refractivity (Wildman–Crippen MR) is 404 cm³/mol. The minimum atomic E-state index is -6.51. The van der Waals surface area contributed by atoms with Gasteiger partial charge >= 0.3 is 27.6 Å². The topological polar surface area (TPSA) is 1060 Å². The molecule has 65 nitrogen and oxygen atoms in total. The number of aliphatic carboxylic acids is 2. The molecule has 0 aliphatic carbocycles. The lowest BCUT2D eigenvalue weighted by atomic mass is 9.89. The Bertz CT molecular complexity index is 3860. The van der Waals surface area contributed by atoms with Crippen LogP contribution in [0.4, 0.5) is 0 Å². The number of phosphoric ester groups is 2. The first kappa shape index (κ1) is 115. The van der Waals surface area contributed by atoms with E-state index in [0.29, 0.717) is 0 Å². The Hall–Kier alpha value is -3.41. The van der Waals surface area contributed by atoms with Crippen LogP contribution >= 0.6 is 15.6 Å². The number of aliphatic hydroxyl groups excluding tert-OH is 31. The molecule has 0 aromatic heterocycles. The Labute approximate surface area is 762 Å². The van der Waals surface area contributed by atoms with Crippen molar-refractivity contribution >= 4 is 33.5 Å². The minimum Gasteiger partial charge on any atom is -0.477 e. The second-order valence-electron chi connectivity index (χ2n) is 33.3. The van der Waals surface area contributed by atoms with E-state index >= 15 is 0 Å². The number of carbonyl (C=O) groups is 3. The molecule has 0 unspecified atom stereocenters. The predicted octanol–water partition coefficient (Wildman–Crippen LogP) is -24.7. The lowest BCUT2D eigenvalue weighted by Crippen LogP contribution is -2.70. The maximum Gasteiger partial charge on any atom is 0.470 e. The maximum atomic E-state index is 13.6. The van der Waals surface area contributed by atoms with Crippen LogP contribution in [0.2, 0.25) is 0 Å². The van der Waals surface area contributed by atoms with Gasteiger partial charge < -0.3 is 289 Å². The number of hydrogen-bond donors (Lipinski definition) is 39. The third-order valence-corrected chi connectivity index (χ3v) is 24.9. The molecule has 0 spiro atoms. The normalized spacial score (nSPS) is 47.4. The lowest BCUT2D eigenvalue weighted by molar-refractivity contribution is -0.411. The van der Waals surface area contributed by atoms with Crippen LogP contribution in [0.3, 0.4) is 0 Å². The van der Waals surface area contributed by atoms with Crippen molar-refractivity contribution in [1.82, 2.24) is 5.32 Å². The average Bonchev–Trinajstić information content (AvgIpc) is 0.745. The van der Waals surface area contributed by atoms with Gasteiger partial charge in [-0.3, -0.25) is 13.8 Å². The van der Waals surface area contributed by atoms with E-state index < -0.39 is 437 Å². The van der Waals surface area contributed by atoms with E-state index in [1.807, 2.05) is 0 Å². The largest absolute Gasteiger partial charge is 0.477 e. The average molecular weight is 2050 g/mol. The third kappa shape index (κ3) is 25.4. The number of hydrogen-bond acceptors (Lipinski definition) is 58. The summed E-state index contributed by atoms with van der Waals surface area (Å²) in [5.41, 5.74) is 0. The van der Waals surface area contributed by atoms with Crippen molar-refractivity contribution in [3.63, 3.8) is 0 Å². The van der Waals surface area contributed by atoms with Gasteiger partial charge in [0.05, 0.1) is 78.3 Å². The third-order valence-electron chi connectivity index (χ3n) is 23.9. The SMILES string of the molecule is CC(=O)N[C@H]1[C@@H](O[C@H]2[C@@H](O[C@H]3[C@@H](O[C@@H]4[C@@H](O)[C@@H](O[C@@H]5[C@H](O)[C@H](O[C@@H]6[C@H](O)[C@@H](O[C@H]7[C@@H]([C@H](O)CO)O[C@@](O)(C(=O)O)C[C@H]7O[C@]7(C(=O)O)C[C@@H](O)[C@@H](O)[C@@H]([C@H](O)CO)O7)O[C@H]([C@@H](O)CO)[C@H]6OP(=O)(O)O)O[C@H]([C@H](O)CO[C@H]6O[C@H]([C@@H](O)CO)[C@@H](O)[C@H](O)[C@@H]6O)[C@H]5OP(=O)(O)O)O[C@H](CO[C@H]5O[C@H](CO)[C@H](O)[C@H](O)[C@H]5O)[C@H]4O)O[C@H](CO)[C@@H](O)[C@@H]3O)O[C@H](CO)[C@@H](O)[C@@H]2O)O[C@H](CO)[C@@H](O)[C@@H]1O. The highest BCUT2D eigenvalue weighted by molar-refractivity contribution is 7.46. The molecule has 10 rings (SSSR count). The van der Waals surface area contributed by atoms with Gasteiger partial charge in [-0.05, 0) is 0 Å². The highest BCUT2D eigenvalue weighted by atomic mass is 31.2.